The quantitative estimate of drug-likeness (QED) is 0.215. The largest absolute Gasteiger partial charge is 0.475 e. The predicted molar refractivity (Wildman–Crippen MR) is 96.7 cm³/mol. The Kier molecular flexibility index (Phi) is 7.26. The van der Waals surface area contributed by atoms with E-state index in [0.717, 1.165) is 24.3 Å². The standard InChI is InChI=1S/C18H13ClF5NO6/c1-2-29-16(26)9-30-15-8-11(4-5-13(15)25(27)28)31-14-6-3-10(7-12(14)19)17(20,21)18(22,23)24/h3-8H,2,9H2,1H3. The molecule has 2 rings (SSSR count). The first-order valence-electron chi connectivity index (χ1n) is 8.36. The number of hydrogen-bond donors (Lipinski definition) is 0. The highest BCUT2D eigenvalue weighted by atomic mass is 35.5. The molecule has 13 heteroatoms. The molecule has 2 aromatic rings. The minimum Gasteiger partial charge on any atom is -0.475 e. The first kappa shape index (κ1) is 24.1. The Morgan fingerprint density at radius 2 is 1.77 bits per heavy atom. The van der Waals surface area contributed by atoms with Crippen LogP contribution in [-0.2, 0) is 15.5 Å². The molecule has 0 spiro atoms. The first-order valence-corrected chi connectivity index (χ1v) is 8.74. The van der Waals surface area contributed by atoms with Crippen LogP contribution in [0.15, 0.2) is 36.4 Å². The molecule has 0 atom stereocenters. The van der Waals surface area contributed by atoms with Crippen LogP contribution in [-0.4, -0.2) is 30.3 Å². The van der Waals surface area contributed by atoms with Crippen LogP contribution >= 0.6 is 11.6 Å². The molecule has 0 amide bonds. The molecule has 0 aliphatic carbocycles. The summed E-state index contributed by atoms with van der Waals surface area (Å²) in [6.07, 6.45) is -5.82. The van der Waals surface area contributed by atoms with Crippen molar-refractivity contribution < 1.29 is 45.9 Å². The number of nitro groups is 1. The number of rotatable bonds is 8. The van der Waals surface area contributed by atoms with Gasteiger partial charge in [0.1, 0.15) is 11.5 Å². The molecule has 31 heavy (non-hydrogen) atoms. The average Bonchev–Trinajstić information content (AvgIpc) is 2.67. The topological polar surface area (TPSA) is 87.9 Å². The molecule has 0 aromatic heterocycles. The van der Waals surface area contributed by atoms with E-state index in [1.807, 2.05) is 0 Å². The zero-order valence-corrected chi connectivity index (χ0v) is 16.3. The summed E-state index contributed by atoms with van der Waals surface area (Å²) in [5, 5.41) is 10.6. The number of nitro benzene ring substituents is 1. The lowest BCUT2D eigenvalue weighted by molar-refractivity contribution is -0.385. The van der Waals surface area contributed by atoms with Gasteiger partial charge in [-0.3, -0.25) is 10.1 Å². The van der Waals surface area contributed by atoms with Crippen molar-refractivity contribution in [3.8, 4) is 17.2 Å². The molecular formula is C18H13ClF5NO6. The van der Waals surface area contributed by atoms with E-state index in [-0.39, 0.29) is 23.9 Å². The van der Waals surface area contributed by atoms with Crippen molar-refractivity contribution in [2.75, 3.05) is 13.2 Å². The maximum Gasteiger partial charge on any atom is 0.458 e. The minimum absolute atomic E-state index is 0.0648. The maximum atomic E-state index is 13.4. The molecule has 0 saturated carbocycles. The summed E-state index contributed by atoms with van der Waals surface area (Å²) in [5.41, 5.74) is -1.90. The third-order valence-corrected chi connectivity index (χ3v) is 3.95. The van der Waals surface area contributed by atoms with Crippen molar-refractivity contribution in [2.24, 2.45) is 0 Å². The fourth-order valence-electron chi connectivity index (χ4n) is 2.23. The second-order valence-corrected chi connectivity index (χ2v) is 6.21. The van der Waals surface area contributed by atoms with Crippen molar-refractivity contribution in [1.82, 2.24) is 0 Å². The van der Waals surface area contributed by atoms with Crippen molar-refractivity contribution in [1.29, 1.82) is 0 Å². The molecule has 0 bridgehead atoms. The van der Waals surface area contributed by atoms with Crippen LogP contribution in [0.3, 0.4) is 0 Å². The first-order chi connectivity index (χ1) is 14.4. The van der Waals surface area contributed by atoms with Crippen LogP contribution in [0.5, 0.6) is 17.2 Å². The number of hydrogen-bond acceptors (Lipinski definition) is 6. The fraction of sp³-hybridized carbons (Fsp3) is 0.278. The van der Waals surface area contributed by atoms with Crippen LogP contribution in [0.1, 0.15) is 12.5 Å². The van der Waals surface area contributed by atoms with Crippen LogP contribution in [0.25, 0.3) is 0 Å². The van der Waals surface area contributed by atoms with Gasteiger partial charge in [-0.2, -0.15) is 22.0 Å². The average molecular weight is 470 g/mol. The number of esters is 1. The highest BCUT2D eigenvalue weighted by Crippen LogP contribution is 2.45. The van der Waals surface area contributed by atoms with Gasteiger partial charge in [0, 0.05) is 17.7 Å². The number of ether oxygens (including phenoxy) is 3. The number of benzene rings is 2. The summed E-state index contributed by atoms with van der Waals surface area (Å²) in [6.45, 7) is 0.976. The highest BCUT2D eigenvalue weighted by Gasteiger charge is 2.58. The molecule has 168 valence electrons. The number of halogens is 6. The van der Waals surface area contributed by atoms with Crippen LogP contribution in [0.4, 0.5) is 27.6 Å². The van der Waals surface area contributed by atoms with Crippen LogP contribution < -0.4 is 9.47 Å². The van der Waals surface area contributed by atoms with Gasteiger partial charge >= 0.3 is 23.8 Å². The van der Waals surface area contributed by atoms with Crippen molar-refractivity contribution in [3.63, 3.8) is 0 Å². The molecule has 7 nitrogen and oxygen atoms in total. The summed E-state index contributed by atoms with van der Waals surface area (Å²) in [7, 11) is 0. The number of carbonyl (C=O) groups excluding carboxylic acids is 1. The molecule has 0 unspecified atom stereocenters. The fourth-order valence-corrected chi connectivity index (χ4v) is 2.45. The van der Waals surface area contributed by atoms with Gasteiger partial charge < -0.3 is 14.2 Å². The smallest absolute Gasteiger partial charge is 0.458 e. The van der Waals surface area contributed by atoms with E-state index in [1.165, 1.54) is 0 Å². The van der Waals surface area contributed by atoms with Crippen molar-refractivity contribution in [3.05, 3.63) is 57.1 Å². The second kappa shape index (κ2) is 9.33. The lowest BCUT2D eigenvalue weighted by Gasteiger charge is -2.20. The zero-order chi connectivity index (χ0) is 23.4. The highest BCUT2D eigenvalue weighted by molar-refractivity contribution is 6.32. The lowest BCUT2D eigenvalue weighted by Crippen LogP contribution is -2.33. The summed E-state index contributed by atoms with van der Waals surface area (Å²) in [6, 6.07) is 4.79. The predicted octanol–water partition coefficient (Wildman–Crippen LogP) is 5.64. The Morgan fingerprint density at radius 1 is 1.10 bits per heavy atom. The van der Waals surface area contributed by atoms with E-state index >= 15 is 0 Å². The van der Waals surface area contributed by atoms with E-state index < -0.39 is 45.9 Å². The molecule has 0 fully saturated rings. The Labute approximate surface area is 176 Å². The van der Waals surface area contributed by atoms with E-state index in [9.17, 15) is 36.9 Å². The van der Waals surface area contributed by atoms with Gasteiger partial charge in [0.2, 0.25) is 5.75 Å². The minimum atomic E-state index is -5.82. The Hall–Kier alpha value is -3.15. The van der Waals surface area contributed by atoms with Crippen molar-refractivity contribution in [2.45, 2.75) is 19.0 Å². The normalized spacial score (nSPS) is 11.7. The monoisotopic (exact) mass is 469 g/mol. The Morgan fingerprint density at radius 3 is 2.32 bits per heavy atom. The molecule has 0 aliphatic heterocycles. The SMILES string of the molecule is CCOC(=O)COc1cc(Oc2ccc(C(F)(F)C(F)(F)F)cc2Cl)ccc1[N+](=O)[O-]. The summed E-state index contributed by atoms with van der Waals surface area (Å²) < 4.78 is 79.4. The summed E-state index contributed by atoms with van der Waals surface area (Å²) >= 11 is 5.77. The van der Waals surface area contributed by atoms with Crippen LogP contribution in [0.2, 0.25) is 5.02 Å². The maximum absolute atomic E-state index is 13.4. The van der Waals surface area contributed by atoms with Gasteiger partial charge in [-0.15, -0.1) is 0 Å². The molecule has 2 aromatic carbocycles. The third kappa shape index (κ3) is 5.72. The van der Waals surface area contributed by atoms with Gasteiger partial charge in [0.05, 0.1) is 16.6 Å². The molecule has 0 saturated heterocycles. The Bertz CT molecular complexity index is 982. The van der Waals surface area contributed by atoms with Gasteiger partial charge in [-0.1, -0.05) is 11.6 Å². The summed E-state index contributed by atoms with van der Waals surface area (Å²) in [4.78, 5) is 21.7. The number of alkyl halides is 5. The van der Waals surface area contributed by atoms with E-state index in [4.69, 9.17) is 21.1 Å². The molecule has 0 radical (unpaired) electrons. The summed E-state index contributed by atoms with van der Waals surface area (Å²) in [5.74, 6) is -6.70. The van der Waals surface area contributed by atoms with Gasteiger partial charge in [0.25, 0.3) is 0 Å². The van der Waals surface area contributed by atoms with Gasteiger partial charge in [-0.05, 0) is 31.2 Å². The Balaban J connectivity index is 2.29. The van der Waals surface area contributed by atoms with Gasteiger partial charge in [-0.25, -0.2) is 4.79 Å². The molecule has 0 aliphatic rings. The lowest BCUT2D eigenvalue weighted by atomic mass is 10.1. The zero-order valence-electron chi connectivity index (χ0n) is 15.5. The molecule has 0 N–H and O–H groups in total. The third-order valence-electron chi connectivity index (χ3n) is 3.66. The number of nitrogens with zero attached hydrogens (tertiary/aromatic N) is 1. The van der Waals surface area contributed by atoms with Gasteiger partial charge in [0.15, 0.2) is 6.61 Å². The molecule has 0 heterocycles. The van der Waals surface area contributed by atoms with E-state index in [0.29, 0.717) is 12.1 Å². The second-order valence-electron chi connectivity index (χ2n) is 5.80. The van der Waals surface area contributed by atoms with E-state index in [2.05, 4.69) is 4.74 Å². The van der Waals surface area contributed by atoms with Crippen LogP contribution in [0, 0.1) is 10.1 Å². The van der Waals surface area contributed by atoms with E-state index in [1.54, 1.807) is 6.92 Å². The molecular weight excluding hydrogens is 457 g/mol. The number of carbonyl (C=O) groups is 1. The van der Waals surface area contributed by atoms with Crippen molar-refractivity contribution >= 4 is 23.3 Å².